The molecule has 4 nitrogen and oxygen atoms in total. The van der Waals surface area contributed by atoms with Crippen molar-refractivity contribution in [1.29, 1.82) is 0 Å². The summed E-state index contributed by atoms with van der Waals surface area (Å²) in [5, 5.41) is 0. The monoisotopic (exact) mass is 270 g/mol. The van der Waals surface area contributed by atoms with Gasteiger partial charge in [-0.1, -0.05) is 17.7 Å². The third-order valence-corrected chi connectivity index (χ3v) is 4.88. The van der Waals surface area contributed by atoms with Gasteiger partial charge in [0, 0.05) is 12.6 Å². The average Bonchev–Trinajstić information content (AvgIpc) is 2.29. The maximum absolute atomic E-state index is 12.5. The van der Waals surface area contributed by atoms with Crippen molar-refractivity contribution in [2.75, 3.05) is 13.1 Å². The van der Waals surface area contributed by atoms with E-state index < -0.39 is 10.0 Å². The number of sulfonamides is 1. The van der Waals surface area contributed by atoms with Gasteiger partial charge in [-0.25, -0.2) is 8.42 Å². The number of hydrogen-bond donors (Lipinski definition) is 1. The first kappa shape index (κ1) is 15.1. The molecule has 0 aromatic heterocycles. The van der Waals surface area contributed by atoms with Crippen molar-refractivity contribution in [2.24, 2.45) is 5.73 Å². The minimum Gasteiger partial charge on any atom is -0.330 e. The molecule has 0 unspecified atom stereocenters. The summed E-state index contributed by atoms with van der Waals surface area (Å²) in [5.41, 5.74) is 6.51. The molecule has 0 aliphatic rings. The van der Waals surface area contributed by atoms with Crippen LogP contribution in [0.1, 0.15) is 25.8 Å². The van der Waals surface area contributed by atoms with Crippen LogP contribution in [0.5, 0.6) is 0 Å². The predicted octanol–water partition coefficient (Wildman–Crippen LogP) is 1.74. The first-order chi connectivity index (χ1) is 8.39. The number of rotatable bonds is 6. The topological polar surface area (TPSA) is 63.4 Å². The van der Waals surface area contributed by atoms with Crippen LogP contribution in [0.4, 0.5) is 0 Å². The molecule has 0 aliphatic heterocycles. The molecule has 0 bridgehead atoms. The summed E-state index contributed by atoms with van der Waals surface area (Å²) in [4.78, 5) is 0.346. The van der Waals surface area contributed by atoms with Crippen molar-refractivity contribution in [3.05, 3.63) is 29.8 Å². The van der Waals surface area contributed by atoms with E-state index in [0.717, 1.165) is 5.56 Å². The molecule has 0 aliphatic carbocycles. The molecule has 0 radical (unpaired) electrons. The van der Waals surface area contributed by atoms with Gasteiger partial charge in [0.15, 0.2) is 0 Å². The summed E-state index contributed by atoms with van der Waals surface area (Å²) in [6, 6.07) is 6.87. The number of nitrogens with two attached hydrogens (primary N) is 1. The fraction of sp³-hybridized carbons (Fsp3) is 0.538. The Bertz CT molecular complexity index is 466. The first-order valence-corrected chi connectivity index (χ1v) is 7.62. The molecule has 1 rings (SSSR count). The van der Waals surface area contributed by atoms with E-state index in [9.17, 15) is 8.42 Å². The van der Waals surface area contributed by atoms with E-state index in [-0.39, 0.29) is 6.04 Å². The van der Waals surface area contributed by atoms with Gasteiger partial charge in [0.05, 0.1) is 4.90 Å². The Morgan fingerprint density at radius 1 is 1.22 bits per heavy atom. The number of benzene rings is 1. The first-order valence-electron chi connectivity index (χ1n) is 6.18. The van der Waals surface area contributed by atoms with Crippen molar-refractivity contribution < 1.29 is 8.42 Å². The smallest absolute Gasteiger partial charge is 0.243 e. The summed E-state index contributed by atoms with van der Waals surface area (Å²) in [5.74, 6) is 0. The van der Waals surface area contributed by atoms with Gasteiger partial charge in [-0.05, 0) is 45.9 Å². The van der Waals surface area contributed by atoms with Crippen LogP contribution in [-0.2, 0) is 10.0 Å². The summed E-state index contributed by atoms with van der Waals surface area (Å²) < 4.78 is 26.5. The molecule has 0 saturated carbocycles. The Kier molecular flexibility index (Phi) is 5.31. The molecule has 0 atom stereocenters. The lowest BCUT2D eigenvalue weighted by Crippen LogP contribution is -2.38. The minimum atomic E-state index is -3.41. The van der Waals surface area contributed by atoms with E-state index in [1.165, 1.54) is 4.31 Å². The molecule has 18 heavy (non-hydrogen) atoms. The second-order valence-electron chi connectivity index (χ2n) is 4.66. The summed E-state index contributed by atoms with van der Waals surface area (Å²) in [6.45, 7) is 6.65. The van der Waals surface area contributed by atoms with Crippen molar-refractivity contribution in [2.45, 2.75) is 38.1 Å². The Hall–Kier alpha value is -0.910. The summed E-state index contributed by atoms with van der Waals surface area (Å²) in [6.07, 6.45) is 0.670. The molecule has 102 valence electrons. The molecule has 0 fully saturated rings. The molecule has 0 spiro atoms. The predicted molar refractivity (Wildman–Crippen MR) is 73.9 cm³/mol. The average molecular weight is 270 g/mol. The Labute approximate surface area is 110 Å². The van der Waals surface area contributed by atoms with Crippen LogP contribution in [0.3, 0.4) is 0 Å². The normalized spacial score (nSPS) is 12.3. The van der Waals surface area contributed by atoms with Gasteiger partial charge in [0.2, 0.25) is 10.0 Å². The highest BCUT2D eigenvalue weighted by Crippen LogP contribution is 2.18. The second kappa shape index (κ2) is 6.31. The highest BCUT2D eigenvalue weighted by molar-refractivity contribution is 7.89. The SMILES string of the molecule is Cc1ccc(S(=O)(=O)N(CCCN)C(C)C)cc1. The van der Waals surface area contributed by atoms with Crippen molar-refractivity contribution in [1.82, 2.24) is 4.31 Å². The minimum absolute atomic E-state index is 0.0668. The molecule has 1 aromatic rings. The Morgan fingerprint density at radius 2 is 1.78 bits per heavy atom. The van der Waals surface area contributed by atoms with E-state index in [1.807, 2.05) is 32.9 Å². The lowest BCUT2D eigenvalue weighted by molar-refractivity contribution is 0.351. The van der Waals surface area contributed by atoms with Crippen LogP contribution < -0.4 is 5.73 Å². The van der Waals surface area contributed by atoms with E-state index in [2.05, 4.69) is 0 Å². The molecule has 1 aromatic carbocycles. The maximum Gasteiger partial charge on any atom is 0.243 e. The zero-order valence-electron chi connectivity index (χ0n) is 11.3. The second-order valence-corrected chi connectivity index (χ2v) is 6.56. The standard InChI is InChI=1S/C13H22N2O2S/c1-11(2)15(10-4-9-14)18(16,17)13-7-5-12(3)6-8-13/h5-8,11H,4,9-10,14H2,1-3H3. The van der Waals surface area contributed by atoms with Crippen LogP contribution in [-0.4, -0.2) is 31.9 Å². The molecular weight excluding hydrogens is 248 g/mol. The Balaban J connectivity index is 3.05. The molecule has 2 N–H and O–H groups in total. The van der Waals surface area contributed by atoms with Gasteiger partial charge in [0.25, 0.3) is 0 Å². The van der Waals surface area contributed by atoms with Crippen LogP contribution in [0.25, 0.3) is 0 Å². The van der Waals surface area contributed by atoms with Crippen LogP contribution in [0.2, 0.25) is 0 Å². The maximum atomic E-state index is 12.5. The van der Waals surface area contributed by atoms with Gasteiger partial charge in [-0.15, -0.1) is 0 Å². The highest BCUT2D eigenvalue weighted by atomic mass is 32.2. The summed E-state index contributed by atoms with van der Waals surface area (Å²) in [7, 11) is -3.41. The van der Waals surface area contributed by atoms with E-state index in [4.69, 9.17) is 5.73 Å². The van der Waals surface area contributed by atoms with Crippen LogP contribution in [0, 0.1) is 6.92 Å². The lowest BCUT2D eigenvalue weighted by Gasteiger charge is -2.25. The highest BCUT2D eigenvalue weighted by Gasteiger charge is 2.26. The Morgan fingerprint density at radius 3 is 2.22 bits per heavy atom. The quantitative estimate of drug-likeness (QED) is 0.856. The third-order valence-electron chi connectivity index (χ3n) is 2.79. The lowest BCUT2D eigenvalue weighted by atomic mass is 10.2. The molecule has 5 heteroatoms. The molecule has 0 amide bonds. The van der Waals surface area contributed by atoms with Gasteiger partial charge in [0.1, 0.15) is 0 Å². The van der Waals surface area contributed by atoms with E-state index in [1.54, 1.807) is 12.1 Å². The zero-order valence-corrected chi connectivity index (χ0v) is 12.1. The largest absolute Gasteiger partial charge is 0.330 e. The molecule has 0 heterocycles. The van der Waals surface area contributed by atoms with Gasteiger partial charge in [-0.2, -0.15) is 4.31 Å². The van der Waals surface area contributed by atoms with Gasteiger partial charge < -0.3 is 5.73 Å². The van der Waals surface area contributed by atoms with Crippen molar-refractivity contribution in [3.63, 3.8) is 0 Å². The van der Waals surface area contributed by atoms with Crippen molar-refractivity contribution >= 4 is 10.0 Å². The number of aryl methyl sites for hydroxylation is 1. The van der Waals surface area contributed by atoms with Crippen LogP contribution in [0.15, 0.2) is 29.2 Å². The van der Waals surface area contributed by atoms with E-state index in [0.29, 0.717) is 24.4 Å². The van der Waals surface area contributed by atoms with Gasteiger partial charge in [-0.3, -0.25) is 0 Å². The van der Waals surface area contributed by atoms with Gasteiger partial charge >= 0.3 is 0 Å². The van der Waals surface area contributed by atoms with Crippen molar-refractivity contribution in [3.8, 4) is 0 Å². The van der Waals surface area contributed by atoms with E-state index >= 15 is 0 Å². The number of hydrogen-bond acceptors (Lipinski definition) is 3. The molecule has 0 saturated heterocycles. The third kappa shape index (κ3) is 3.54. The molecular formula is C13H22N2O2S. The zero-order chi connectivity index (χ0) is 13.8. The summed E-state index contributed by atoms with van der Waals surface area (Å²) >= 11 is 0. The fourth-order valence-electron chi connectivity index (χ4n) is 1.75. The number of nitrogens with zero attached hydrogens (tertiary/aromatic N) is 1. The van der Waals surface area contributed by atoms with Crippen LogP contribution >= 0.6 is 0 Å². The fourth-order valence-corrected chi connectivity index (χ4v) is 3.42.